The summed E-state index contributed by atoms with van der Waals surface area (Å²) in [6.45, 7) is 6.54. The Labute approximate surface area is 189 Å². The maximum absolute atomic E-state index is 12.0. The minimum absolute atomic E-state index is 0. The number of halogens is 1. The van der Waals surface area contributed by atoms with Gasteiger partial charge in [0, 0.05) is 25.2 Å². The summed E-state index contributed by atoms with van der Waals surface area (Å²) in [7, 11) is 6.19. The molecule has 1 N–H and O–H groups in total. The maximum Gasteiger partial charge on any atom is 0.310 e. The lowest BCUT2D eigenvalue weighted by Gasteiger charge is -2.22. The van der Waals surface area contributed by atoms with Gasteiger partial charge >= 0.3 is 5.97 Å². The van der Waals surface area contributed by atoms with Crippen LogP contribution in [0.15, 0.2) is 17.1 Å². The Morgan fingerprint density at radius 3 is 2.38 bits per heavy atom. The number of nitrogens with one attached hydrogen (secondary N) is 1. The van der Waals surface area contributed by atoms with Crippen LogP contribution >= 0.6 is 24.0 Å². The molecule has 2 atom stereocenters. The molecule has 1 aliphatic rings. The molecule has 29 heavy (non-hydrogen) atoms. The molecule has 1 fully saturated rings. The third kappa shape index (κ3) is 5.80. The van der Waals surface area contributed by atoms with E-state index in [0.29, 0.717) is 30.3 Å². The standard InChI is InChI=1S/C20H31N3O5.HI/c1-7-21-20(23-11-13(2)15(12-23)19(24)28-6)22-10-14-8-9-16(25-3)18(27-5)17(14)26-4;/h8-9,13,15H,7,10-12H2,1-6H3,(H,21,22);1H. The van der Waals surface area contributed by atoms with Gasteiger partial charge in [-0.1, -0.05) is 6.92 Å². The molecule has 0 aromatic heterocycles. The highest BCUT2D eigenvalue weighted by Gasteiger charge is 2.36. The Balaban J connectivity index is 0.00000420. The molecule has 1 aromatic carbocycles. The summed E-state index contributed by atoms with van der Waals surface area (Å²) in [4.78, 5) is 18.9. The van der Waals surface area contributed by atoms with Gasteiger partial charge in [0.1, 0.15) is 0 Å². The number of ether oxygens (including phenoxy) is 4. The van der Waals surface area contributed by atoms with E-state index in [2.05, 4.69) is 17.1 Å². The SMILES string of the molecule is CCNC(=NCc1ccc(OC)c(OC)c1OC)N1CC(C)C(C(=O)OC)C1.I. The number of hydrogen-bond acceptors (Lipinski definition) is 6. The Kier molecular flexibility index (Phi) is 10.3. The Hall–Kier alpha value is -1.91. The molecule has 2 rings (SSSR count). The van der Waals surface area contributed by atoms with Crippen LogP contribution in [0.5, 0.6) is 17.2 Å². The van der Waals surface area contributed by atoms with Crippen molar-refractivity contribution in [2.75, 3.05) is 48.1 Å². The van der Waals surface area contributed by atoms with E-state index < -0.39 is 0 Å². The fourth-order valence-corrected chi connectivity index (χ4v) is 3.47. The van der Waals surface area contributed by atoms with Crippen LogP contribution in [0.25, 0.3) is 0 Å². The van der Waals surface area contributed by atoms with Gasteiger partial charge in [-0.25, -0.2) is 4.99 Å². The second-order valence-corrected chi connectivity index (χ2v) is 6.68. The Bertz CT molecular complexity index is 714. The van der Waals surface area contributed by atoms with E-state index in [-0.39, 0.29) is 41.8 Å². The molecule has 1 heterocycles. The summed E-state index contributed by atoms with van der Waals surface area (Å²) < 4.78 is 21.2. The van der Waals surface area contributed by atoms with E-state index >= 15 is 0 Å². The first-order chi connectivity index (χ1) is 13.5. The average molecular weight is 521 g/mol. The molecule has 0 radical (unpaired) electrons. The molecule has 0 spiro atoms. The van der Waals surface area contributed by atoms with Crippen molar-refractivity contribution in [1.82, 2.24) is 10.2 Å². The molecule has 0 aliphatic carbocycles. The van der Waals surface area contributed by atoms with E-state index in [4.69, 9.17) is 23.9 Å². The molecule has 0 saturated carbocycles. The van der Waals surface area contributed by atoms with E-state index in [1.165, 1.54) is 7.11 Å². The number of guanidine groups is 1. The van der Waals surface area contributed by atoms with E-state index in [0.717, 1.165) is 24.6 Å². The quantitative estimate of drug-likeness (QED) is 0.256. The molecular weight excluding hydrogens is 489 g/mol. The zero-order valence-corrected chi connectivity index (χ0v) is 20.3. The number of carbonyl (C=O) groups is 1. The van der Waals surface area contributed by atoms with Crippen LogP contribution in [-0.2, 0) is 16.1 Å². The Morgan fingerprint density at radius 1 is 1.14 bits per heavy atom. The first kappa shape index (κ1) is 25.1. The van der Waals surface area contributed by atoms with E-state index in [1.807, 2.05) is 19.1 Å². The summed E-state index contributed by atoms with van der Waals surface area (Å²) in [5.74, 6) is 2.39. The molecule has 8 nitrogen and oxygen atoms in total. The number of aliphatic imine (C=N–C) groups is 1. The number of nitrogens with zero attached hydrogens (tertiary/aromatic N) is 2. The van der Waals surface area contributed by atoms with Gasteiger partial charge < -0.3 is 29.2 Å². The van der Waals surface area contributed by atoms with Crippen LogP contribution in [0, 0.1) is 11.8 Å². The van der Waals surface area contributed by atoms with E-state index in [1.54, 1.807) is 21.3 Å². The van der Waals surface area contributed by atoms with Crippen LogP contribution in [0.3, 0.4) is 0 Å². The van der Waals surface area contributed by atoms with Gasteiger partial charge in [0.25, 0.3) is 0 Å². The number of carbonyl (C=O) groups excluding carboxylic acids is 1. The summed E-state index contributed by atoms with van der Waals surface area (Å²) in [5, 5.41) is 3.31. The number of rotatable bonds is 7. The lowest BCUT2D eigenvalue weighted by Crippen LogP contribution is -2.40. The van der Waals surface area contributed by atoms with Gasteiger partial charge in [-0.2, -0.15) is 0 Å². The third-order valence-corrected chi connectivity index (χ3v) is 4.94. The number of methoxy groups -OCH3 is 4. The molecule has 1 saturated heterocycles. The normalized spacial score (nSPS) is 18.7. The lowest BCUT2D eigenvalue weighted by molar-refractivity contribution is -0.145. The molecular formula is C20H32IN3O5. The second kappa shape index (κ2) is 11.9. The predicted octanol–water partition coefficient (Wildman–Crippen LogP) is 2.54. The first-order valence-electron chi connectivity index (χ1n) is 9.39. The second-order valence-electron chi connectivity index (χ2n) is 6.68. The number of hydrogen-bond donors (Lipinski definition) is 1. The highest BCUT2D eigenvalue weighted by atomic mass is 127. The maximum atomic E-state index is 12.0. The highest BCUT2D eigenvalue weighted by Crippen LogP contribution is 2.40. The van der Waals surface area contributed by atoms with Gasteiger partial charge in [-0.05, 0) is 25.0 Å². The molecule has 9 heteroatoms. The van der Waals surface area contributed by atoms with Crippen molar-refractivity contribution < 1.29 is 23.7 Å². The minimum Gasteiger partial charge on any atom is -0.493 e. The molecule has 1 aliphatic heterocycles. The fourth-order valence-electron chi connectivity index (χ4n) is 3.47. The van der Waals surface area contributed by atoms with Crippen molar-refractivity contribution >= 4 is 35.9 Å². The monoisotopic (exact) mass is 521 g/mol. The van der Waals surface area contributed by atoms with Crippen LogP contribution in [0.1, 0.15) is 19.4 Å². The van der Waals surface area contributed by atoms with Gasteiger partial charge in [0.05, 0.1) is 40.9 Å². The Morgan fingerprint density at radius 2 is 1.83 bits per heavy atom. The lowest BCUT2D eigenvalue weighted by atomic mass is 9.99. The van der Waals surface area contributed by atoms with Gasteiger partial charge in [-0.3, -0.25) is 4.79 Å². The third-order valence-electron chi connectivity index (χ3n) is 4.94. The number of benzene rings is 1. The largest absolute Gasteiger partial charge is 0.493 e. The summed E-state index contributed by atoms with van der Waals surface area (Å²) in [5.41, 5.74) is 0.882. The van der Waals surface area contributed by atoms with Crippen LogP contribution < -0.4 is 19.5 Å². The zero-order valence-electron chi connectivity index (χ0n) is 18.0. The van der Waals surface area contributed by atoms with Crippen molar-refractivity contribution in [3.8, 4) is 17.2 Å². The smallest absolute Gasteiger partial charge is 0.310 e. The molecule has 0 bridgehead atoms. The van der Waals surface area contributed by atoms with E-state index in [9.17, 15) is 4.79 Å². The predicted molar refractivity (Wildman–Crippen MR) is 123 cm³/mol. The summed E-state index contributed by atoms with van der Waals surface area (Å²) in [6.07, 6.45) is 0. The van der Waals surface area contributed by atoms with Crippen molar-refractivity contribution in [1.29, 1.82) is 0 Å². The van der Waals surface area contributed by atoms with Crippen molar-refractivity contribution in [3.05, 3.63) is 17.7 Å². The molecule has 2 unspecified atom stereocenters. The fraction of sp³-hybridized carbons (Fsp3) is 0.600. The summed E-state index contributed by atoms with van der Waals surface area (Å²) in [6, 6.07) is 3.75. The van der Waals surface area contributed by atoms with Gasteiger partial charge in [0.2, 0.25) is 5.75 Å². The summed E-state index contributed by atoms with van der Waals surface area (Å²) >= 11 is 0. The molecule has 164 valence electrons. The van der Waals surface area contributed by atoms with Crippen LogP contribution in [0.4, 0.5) is 0 Å². The first-order valence-corrected chi connectivity index (χ1v) is 9.39. The van der Waals surface area contributed by atoms with Crippen LogP contribution in [-0.4, -0.2) is 64.9 Å². The van der Waals surface area contributed by atoms with Gasteiger partial charge in [0.15, 0.2) is 17.5 Å². The topological polar surface area (TPSA) is 81.6 Å². The van der Waals surface area contributed by atoms with Gasteiger partial charge in [-0.15, -0.1) is 24.0 Å². The van der Waals surface area contributed by atoms with Crippen molar-refractivity contribution in [2.24, 2.45) is 16.8 Å². The average Bonchev–Trinajstić information content (AvgIpc) is 3.10. The highest BCUT2D eigenvalue weighted by molar-refractivity contribution is 14.0. The minimum atomic E-state index is -0.174. The zero-order chi connectivity index (χ0) is 20.7. The number of likely N-dealkylation sites (tertiary alicyclic amines) is 1. The van der Waals surface area contributed by atoms with Crippen LogP contribution in [0.2, 0.25) is 0 Å². The van der Waals surface area contributed by atoms with Crippen molar-refractivity contribution in [2.45, 2.75) is 20.4 Å². The number of esters is 1. The molecule has 0 amide bonds. The van der Waals surface area contributed by atoms with Crippen molar-refractivity contribution in [3.63, 3.8) is 0 Å². The molecule has 1 aromatic rings.